The van der Waals surface area contributed by atoms with Crippen LogP contribution in [0.4, 0.5) is 0 Å². The van der Waals surface area contributed by atoms with E-state index in [-0.39, 0.29) is 16.0 Å². The molecule has 38 heavy (non-hydrogen) atoms. The normalized spacial score (nSPS) is 13.8. The Kier molecular flexibility index (Phi) is 8.53. The summed E-state index contributed by atoms with van der Waals surface area (Å²) >= 11 is 12.9. The predicted molar refractivity (Wildman–Crippen MR) is 149 cm³/mol. The van der Waals surface area contributed by atoms with Crippen molar-refractivity contribution in [2.45, 2.75) is 6.61 Å². The van der Waals surface area contributed by atoms with Crippen LogP contribution in [0.5, 0.6) is 17.2 Å². The van der Waals surface area contributed by atoms with Crippen LogP contribution in [0.2, 0.25) is 5.02 Å². The number of nitriles is 1. The lowest BCUT2D eigenvalue weighted by Crippen LogP contribution is -2.44. The zero-order valence-corrected chi connectivity index (χ0v) is 22.6. The molecule has 1 aliphatic heterocycles. The van der Waals surface area contributed by atoms with Crippen LogP contribution in [0, 0.1) is 11.3 Å². The molecule has 8 nitrogen and oxygen atoms in total. The number of thioether (sulfide) groups is 1. The minimum Gasteiger partial charge on any atom is -0.497 e. The van der Waals surface area contributed by atoms with Crippen molar-refractivity contribution in [3.63, 3.8) is 0 Å². The third kappa shape index (κ3) is 5.92. The fourth-order valence-electron chi connectivity index (χ4n) is 3.49. The molecule has 192 valence electrons. The molecule has 0 atom stereocenters. The van der Waals surface area contributed by atoms with Gasteiger partial charge in [0.1, 0.15) is 12.4 Å². The minimum atomic E-state index is -0.491. The molecule has 1 N–H and O–H groups in total. The molecule has 0 aliphatic carbocycles. The molecule has 2 amide bonds. The van der Waals surface area contributed by atoms with E-state index in [1.54, 1.807) is 60.7 Å². The number of amides is 2. The van der Waals surface area contributed by atoms with Crippen molar-refractivity contribution in [1.29, 1.82) is 5.26 Å². The average molecular weight is 566 g/mol. The first-order valence-electron chi connectivity index (χ1n) is 11.1. The molecular weight excluding hydrogens is 546 g/mol. The number of methoxy groups -OCH3 is 2. The zero-order chi connectivity index (χ0) is 27.2. The highest BCUT2D eigenvalue weighted by molar-refractivity contribution is 8.26. The number of nitrogens with zero attached hydrogens (tertiary/aromatic N) is 2. The number of hydrazine groups is 1. The Labute approximate surface area is 233 Å². The van der Waals surface area contributed by atoms with Gasteiger partial charge in [-0.05, 0) is 66.3 Å². The van der Waals surface area contributed by atoms with Gasteiger partial charge in [-0.3, -0.25) is 15.0 Å². The lowest BCUT2D eigenvalue weighted by Gasteiger charge is -2.16. The molecule has 0 spiro atoms. The zero-order valence-electron chi connectivity index (χ0n) is 20.2. The molecule has 0 bridgehead atoms. The Bertz CT molecular complexity index is 1490. The van der Waals surface area contributed by atoms with Crippen LogP contribution in [0.15, 0.2) is 65.6 Å². The molecule has 4 rings (SSSR count). The number of benzene rings is 3. The van der Waals surface area contributed by atoms with E-state index in [1.165, 1.54) is 14.2 Å². The number of hydrogen-bond donors (Lipinski definition) is 1. The number of thiocarbonyl (C=S) groups is 1. The first kappa shape index (κ1) is 27.0. The highest BCUT2D eigenvalue weighted by Crippen LogP contribution is 2.39. The summed E-state index contributed by atoms with van der Waals surface area (Å²) in [6.07, 6.45) is 1.60. The SMILES string of the molecule is COc1ccc(C(=O)NN2C(=O)/C(=C/c3cc(Cl)c(OCc4ccccc4C#N)c(OC)c3)SC2=S)cc1. The highest BCUT2D eigenvalue weighted by atomic mass is 35.5. The van der Waals surface area contributed by atoms with E-state index in [0.717, 1.165) is 16.8 Å². The maximum atomic E-state index is 13.0. The second kappa shape index (κ2) is 12.0. The van der Waals surface area contributed by atoms with Crippen LogP contribution in [0.3, 0.4) is 0 Å². The van der Waals surface area contributed by atoms with Gasteiger partial charge in [0, 0.05) is 11.1 Å². The predicted octanol–water partition coefficient (Wildman–Crippen LogP) is 5.35. The second-order valence-corrected chi connectivity index (χ2v) is 9.86. The van der Waals surface area contributed by atoms with Crippen LogP contribution in [-0.2, 0) is 11.4 Å². The van der Waals surface area contributed by atoms with Crippen LogP contribution < -0.4 is 19.6 Å². The Morgan fingerprint density at radius 1 is 1.16 bits per heavy atom. The second-order valence-electron chi connectivity index (χ2n) is 7.78. The first-order valence-corrected chi connectivity index (χ1v) is 12.7. The Morgan fingerprint density at radius 2 is 1.89 bits per heavy atom. The van der Waals surface area contributed by atoms with E-state index < -0.39 is 11.8 Å². The van der Waals surface area contributed by atoms with Gasteiger partial charge in [-0.2, -0.15) is 10.3 Å². The summed E-state index contributed by atoms with van der Waals surface area (Å²) in [6.45, 7) is 0.117. The van der Waals surface area contributed by atoms with Crippen LogP contribution >= 0.6 is 35.6 Å². The van der Waals surface area contributed by atoms with Gasteiger partial charge >= 0.3 is 0 Å². The van der Waals surface area contributed by atoms with Crippen molar-refractivity contribution in [3.05, 3.63) is 92.8 Å². The summed E-state index contributed by atoms with van der Waals surface area (Å²) in [5, 5.41) is 10.6. The van der Waals surface area contributed by atoms with Gasteiger partial charge in [-0.25, -0.2) is 0 Å². The summed E-state index contributed by atoms with van der Waals surface area (Å²) in [7, 11) is 3.00. The number of carbonyl (C=O) groups excluding carboxylic acids is 2. The summed E-state index contributed by atoms with van der Waals surface area (Å²) < 4.78 is 16.6. The molecule has 0 radical (unpaired) electrons. The minimum absolute atomic E-state index is 0.117. The van der Waals surface area contributed by atoms with Gasteiger partial charge in [0.15, 0.2) is 15.8 Å². The van der Waals surface area contributed by atoms with Gasteiger partial charge < -0.3 is 14.2 Å². The van der Waals surface area contributed by atoms with E-state index >= 15 is 0 Å². The Morgan fingerprint density at radius 3 is 2.58 bits per heavy atom. The van der Waals surface area contributed by atoms with Crippen molar-refractivity contribution >= 4 is 57.8 Å². The van der Waals surface area contributed by atoms with E-state index in [9.17, 15) is 14.9 Å². The van der Waals surface area contributed by atoms with Crippen molar-refractivity contribution in [2.24, 2.45) is 0 Å². The lowest BCUT2D eigenvalue weighted by molar-refractivity contribution is -0.123. The van der Waals surface area contributed by atoms with E-state index in [0.29, 0.717) is 44.4 Å². The third-order valence-corrected chi connectivity index (χ3v) is 7.00. The average Bonchev–Trinajstić information content (AvgIpc) is 3.19. The molecule has 1 aliphatic rings. The number of ether oxygens (including phenoxy) is 3. The number of carbonyl (C=O) groups is 2. The van der Waals surface area contributed by atoms with Gasteiger partial charge in [-0.15, -0.1) is 0 Å². The van der Waals surface area contributed by atoms with Gasteiger partial charge in [0.2, 0.25) is 0 Å². The van der Waals surface area contributed by atoms with Crippen molar-refractivity contribution in [2.75, 3.05) is 14.2 Å². The standard InChI is InChI=1S/C27H20ClN3O5S2/c1-34-20-9-7-17(8-10-20)25(32)30-31-26(33)23(38-27(31)37)13-16-11-21(28)24(22(12-16)35-2)36-15-19-6-4-3-5-18(19)14-29/h3-13H,15H2,1-2H3,(H,30,32)/b23-13-. The maximum absolute atomic E-state index is 13.0. The highest BCUT2D eigenvalue weighted by Gasteiger charge is 2.34. The molecule has 1 fully saturated rings. The van der Waals surface area contributed by atoms with Crippen LogP contribution in [0.1, 0.15) is 27.0 Å². The molecule has 1 heterocycles. The maximum Gasteiger partial charge on any atom is 0.285 e. The quantitative estimate of drug-likeness (QED) is 0.288. The monoisotopic (exact) mass is 565 g/mol. The molecule has 3 aromatic rings. The summed E-state index contributed by atoms with van der Waals surface area (Å²) in [4.78, 5) is 25.9. The molecule has 1 saturated heterocycles. The number of halogens is 1. The number of hydrogen-bond acceptors (Lipinski definition) is 8. The summed E-state index contributed by atoms with van der Waals surface area (Å²) in [5.74, 6) is 0.284. The van der Waals surface area contributed by atoms with E-state index in [4.69, 9.17) is 38.0 Å². The Balaban J connectivity index is 1.51. The molecule has 0 aromatic heterocycles. The van der Waals surface area contributed by atoms with Gasteiger partial charge in [-0.1, -0.05) is 41.6 Å². The van der Waals surface area contributed by atoms with E-state index in [1.807, 2.05) is 6.07 Å². The summed E-state index contributed by atoms with van der Waals surface area (Å²) in [6, 6.07) is 19.0. The Hall–Kier alpha value is -4.04. The van der Waals surface area contributed by atoms with Gasteiger partial charge in [0.25, 0.3) is 11.8 Å². The smallest absolute Gasteiger partial charge is 0.285 e. The fourth-order valence-corrected chi connectivity index (χ4v) is 4.95. The molecular formula is C27H20ClN3O5S2. The third-order valence-electron chi connectivity index (χ3n) is 5.42. The molecule has 0 saturated carbocycles. The largest absolute Gasteiger partial charge is 0.497 e. The van der Waals surface area contributed by atoms with E-state index in [2.05, 4.69) is 11.5 Å². The summed E-state index contributed by atoms with van der Waals surface area (Å²) in [5.41, 5.74) is 4.66. The van der Waals surface area contributed by atoms with Crippen molar-refractivity contribution in [1.82, 2.24) is 10.4 Å². The van der Waals surface area contributed by atoms with Gasteiger partial charge in [0.05, 0.1) is 35.8 Å². The molecule has 0 unspecified atom stereocenters. The number of rotatable bonds is 8. The molecule has 3 aromatic carbocycles. The topological polar surface area (TPSA) is 101 Å². The van der Waals surface area contributed by atoms with Crippen LogP contribution in [0.25, 0.3) is 6.08 Å². The lowest BCUT2D eigenvalue weighted by atomic mass is 10.1. The van der Waals surface area contributed by atoms with Crippen molar-refractivity contribution in [3.8, 4) is 23.3 Å². The first-order chi connectivity index (χ1) is 18.3. The molecule has 11 heteroatoms. The van der Waals surface area contributed by atoms with Crippen LogP contribution in [-0.4, -0.2) is 35.4 Å². The van der Waals surface area contributed by atoms with Crippen molar-refractivity contribution < 1.29 is 23.8 Å². The number of nitrogens with one attached hydrogen (secondary N) is 1. The fraction of sp³-hybridized carbons (Fsp3) is 0.111.